The van der Waals surface area contributed by atoms with Crippen LogP contribution in [-0.2, 0) is 4.79 Å². The second kappa shape index (κ2) is 6.79. The summed E-state index contributed by atoms with van der Waals surface area (Å²) in [5, 5.41) is 2.40. The van der Waals surface area contributed by atoms with Crippen molar-refractivity contribution in [1.82, 2.24) is 10.2 Å². The van der Waals surface area contributed by atoms with Gasteiger partial charge in [0.25, 0.3) is 0 Å². The summed E-state index contributed by atoms with van der Waals surface area (Å²) in [5.74, 6) is 0.439. The Labute approximate surface area is 149 Å². The fourth-order valence-corrected chi connectivity index (χ4v) is 4.38. The van der Waals surface area contributed by atoms with Gasteiger partial charge in [0, 0.05) is 24.7 Å². The van der Waals surface area contributed by atoms with Crippen molar-refractivity contribution in [1.29, 1.82) is 0 Å². The molecule has 0 radical (unpaired) electrons. The van der Waals surface area contributed by atoms with Gasteiger partial charge in [-0.25, -0.2) is 4.79 Å². The Hall–Kier alpha value is -1.88. The summed E-state index contributed by atoms with van der Waals surface area (Å²) in [4.78, 5) is 27.8. The topological polar surface area (TPSA) is 52.6 Å². The molecule has 5 nitrogen and oxygen atoms in total. The van der Waals surface area contributed by atoms with E-state index in [0.717, 1.165) is 17.3 Å². The van der Waals surface area contributed by atoms with E-state index in [0.29, 0.717) is 18.9 Å². The number of amides is 3. The third-order valence-corrected chi connectivity index (χ3v) is 6.16. The minimum Gasteiger partial charge on any atom is -0.300 e. The van der Waals surface area contributed by atoms with Gasteiger partial charge in [0.1, 0.15) is 0 Å². The molecule has 3 aliphatic rings. The molecule has 1 aromatic carbocycles. The van der Waals surface area contributed by atoms with Crippen molar-refractivity contribution in [2.45, 2.75) is 57.4 Å². The smallest absolute Gasteiger partial charge is 0.300 e. The Morgan fingerprint density at radius 2 is 1.80 bits per heavy atom. The minimum absolute atomic E-state index is 0.186. The van der Waals surface area contributed by atoms with E-state index in [1.54, 1.807) is 4.90 Å². The van der Waals surface area contributed by atoms with Crippen LogP contribution in [0.15, 0.2) is 18.2 Å². The number of benzene rings is 1. The van der Waals surface area contributed by atoms with Gasteiger partial charge in [0.15, 0.2) is 0 Å². The highest BCUT2D eigenvalue weighted by Gasteiger charge is 2.30. The van der Waals surface area contributed by atoms with Gasteiger partial charge in [-0.3, -0.25) is 15.0 Å². The highest BCUT2D eigenvalue weighted by molar-refractivity contribution is 6.05. The number of carbonyl (C=O) groups excluding carboxylic acids is 2. The summed E-state index contributed by atoms with van der Waals surface area (Å²) in [5.41, 5.74) is 3.42. The Morgan fingerprint density at radius 1 is 1.04 bits per heavy atom. The predicted molar refractivity (Wildman–Crippen MR) is 97.9 cm³/mol. The normalized spacial score (nSPS) is 23.5. The molecule has 2 saturated heterocycles. The molecule has 2 heterocycles. The summed E-state index contributed by atoms with van der Waals surface area (Å²) in [6.45, 7) is 4.95. The lowest BCUT2D eigenvalue weighted by molar-refractivity contribution is -0.120. The number of urea groups is 1. The van der Waals surface area contributed by atoms with E-state index < -0.39 is 0 Å². The Morgan fingerprint density at radius 3 is 2.40 bits per heavy atom. The number of carbonyl (C=O) groups is 2. The van der Waals surface area contributed by atoms with Crippen LogP contribution in [0.5, 0.6) is 0 Å². The third-order valence-electron chi connectivity index (χ3n) is 6.16. The molecular formula is C20H27N3O2. The Balaban J connectivity index is 1.43. The average Bonchev–Trinajstić information content (AvgIpc) is 2.55. The van der Waals surface area contributed by atoms with Crippen LogP contribution in [0.2, 0.25) is 0 Å². The van der Waals surface area contributed by atoms with Gasteiger partial charge in [0.05, 0.1) is 0 Å². The molecule has 1 aliphatic carbocycles. The van der Waals surface area contributed by atoms with Crippen molar-refractivity contribution in [2.75, 3.05) is 24.5 Å². The molecule has 5 heteroatoms. The van der Waals surface area contributed by atoms with Crippen LogP contribution in [0.3, 0.4) is 0 Å². The van der Waals surface area contributed by atoms with E-state index in [9.17, 15) is 9.59 Å². The molecule has 2 aliphatic heterocycles. The number of hydrogen-bond acceptors (Lipinski definition) is 3. The Bertz CT molecular complexity index is 676. The van der Waals surface area contributed by atoms with Crippen LogP contribution < -0.4 is 10.2 Å². The molecule has 0 bridgehead atoms. The van der Waals surface area contributed by atoms with Crippen molar-refractivity contribution in [3.05, 3.63) is 29.3 Å². The molecule has 0 unspecified atom stereocenters. The van der Waals surface area contributed by atoms with E-state index in [-0.39, 0.29) is 11.9 Å². The van der Waals surface area contributed by atoms with Gasteiger partial charge in [0.2, 0.25) is 5.91 Å². The van der Waals surface area contributed by atoms with Gasteiger partial charge < -0.3 is 4.90 Å². The first kappa shape index (κ1) is 16.6. The van der Waals surface area contributed by atoms with Crippen molar-refractivity contribution < 1.29 is 9.59 Å². The molecule has 134 valence electrons. The average molecular weight is 341 g/mol. The van der Waals surface area contributed by atoms with Gasteiger partial charge in [-0.05, 0) is 68.8 Å². The fourth-order valence-electron chi connectivity index (χ4n) is 4.38. The first-order valence-electron chi connectivity index (χ1n) is 9.58. The van der Waals surface area contributed by atoms with Gasteiger partial charge in [-0.15, -0.1) is 0 Å². The quantitative estimate of drug-likeness (QED) is 0.919. The van der Waals surface area contributed by atoms with Crippen LogP contribution in [0, 0.1) is 6.92 Å². The summed E-state index contributed by atoms with van der Waals surface area (Å²) in [7, 11) is 0. The largest absolute Gasteiger partial charge is 0.328 e. The molecule has 3 fully saturated rings. The Kier molecular flexibility index (Phi) is 4.50. The molecule has 0 atom stereocenters. The maximum absolute atomic E-state index is 12.1. The van der Waals surface area contributed by atoms with Crippen molar-refractivity contribution in [3.63, 3.8) is 0 Å². The van der Waals surface area contributed by atoms with E-state index >= 15 is 0 Å². The molecular weight excluding hydrogens is 314 g/mol. The van der Waals surface area contributed by atoms with Crippen LogP contribution in [-0.4, -0.2) is 42.5 Å². The monoisotopic (exact) mass is 341 g/mol. The van der Waals surface area contributed by atoms with Gasteiger partial charge in [-0.1, -0.05) is 18.6 Å². The molecule has 4 rings (SSSR count). The van der Waals surface area contributed by atoms with Crippen molar-refractivity contribution in [2.24, 2.45) is 0 Å². The number of likely N-dealkylation sites (tertiary alicyclic amines) is 1. The summed E-state index contributed by atoms with van der Waals surface area (Å²) < 4.78 is 0. The summed E-state index contributed by atoms with van der Waals surface area (Å²) in [6, 6.07) is 7.02. The zero-order valence-corrected chi connectivity index (χ0v) is 15.0. The maximum atomic E-state index is 12.1. The van der Waals surface area contributed by atoms with Crippen molar-refractivity contribution in [3.8, 4) is 0 Å². The number of hydrogen-bond donors (Lipinski definition) is 1. The predicted octanol–water partition coefficient (Wildman–Crippen LogP) is 3.17. The number of aryl methyl sites for hydroxylation is 1. The van der Waals surface area contributed by atoms with Gasteiger partial charge in [-0.2, -0.15) is 0 Å². The number of nitrogens with zero attached hydrogens (tertiary/aromatic N) is 2. The van der Waals surface area contributed by atoms with Gasteiger partial charge >= 0.3 is 6.03 Å². The number of piperidine rings is 1. The number of anilines is 1. The van der Waals surface area contributed by atoms with Crippen LogP contribution in [0.1, 0.15) is 55.6 Å². The first-order valence-corrected chi connectivity index (χ1v) is 9.58. The lowest BCUT2D eigenvalue weighted by Gasteiger charge is -2.42. The van der Waals surface area contributed by atoms with E-state index in [2.05, 4.69) is 35.3 Å². The third kappa shape index (κ3) is 3.30. The van der Waals surface area contributed by atoms with E-state index in [4.69, 9.17) is 0 Å². The molecule has 1 saturated carbocycles. The fraction of sp³-hybridized carbons (Fsp3) is 0.600. The second-order valence-electron chi connectivity index (χ2n) is 7.70. The zero-order valence-electron chi connectivity index (χ0n) is 15.0. The summed E-state index contributed by atoms with van der Waals surface area (Å²) in [6.07, 6.45) is 7.01. The van der Waals surface area contributed by atoms with Crippen LogP contribution in [0.4, 0.5) is 10.5 Å². The SMILES string of the molecule is Cc1cc(C2CCN(C3CCC3)CC2)ccc1N1CCC(=O)NC1=O. The molecule has 0 aromatic heterocycles. The molecule has 0 spiro atoms. The lowest BCUT2D eigenvalue weighted by atomic mass is 9.85. The highest BCUT2D eigenvalue weighted by Crippen LogP contribution is 2.35. The first-order chi connectivity index (χ1) is 12.1. The van der Waals surface area contributed by atoms with Crippen LogP contribution in [0.25, 0.3) is 0 Å². The lowest BCUT2D eigenvalue weighted by Crippen LogP contribution is -2.49. The number of nitrogens with one attached hydrogen (secondary N) is 1. The second-order valence-corrected chi connectivity index (χ2v) is 7.70. The van der Waals surface area contributed by atoms with Crippen molar-refractivity contribution >= 4 is 17.6 Å². The van der Waals surface area contributed by atoms with Crippen LogP contribution >= 0.6 is 0 Å². The highest BCUT2D eigenvalue weighted by atomic mass is 16.2. The minimum atomic E-state index is -0.305. The molecule has 25 heavy (non-hydrogen) atoms. The van der Waals surface area contributed by atoms with E-state index in [1.165, 1.54) is 50.8 Å². The molecule has 1 N–H and O–H groups in total. The number of rotatable bonds is 3. The molecule has 3 amide bonds. The number of imide groups is 1. The van der Waals surface area contributed by atoms with E-state index in [1.807, 2.05) is 0 Å². The maximum Gasteiger partial charge on any atom is 0.328 e. The molecule has 1 aromatic rings. The standard InChI is InChI=1S/C20H27N3O2/c1-14-13-16(15-7-10-22(11-8-15)17-3-2-4-17)5-6-18(14)23-12-9-19(24)21-20(23)25/h5-6,13,15,17H,2-4,7-12H2,1H3,(H,21,24,25). The zero-order chi connectivity index (χ0) is 17.4. The summed E-state index contributed by atoms with van der Waals surface area (Å²) >= 11 is 0.